The fourth-order valence-electron chi connectivity index (χ4n) is 3.90. The SMILES string of the molecule is N#Cc1cnn2c(C3CCCCC3)c(-c3c(F)cc(F)cc3F)c(=O)[nH]c12. The first kappa shape index (κ1) is 17.3. The van der Waals surface area contributed by atoms with Crippen LogP contribution in [0.3, 0.4) is 0 Å². The van der Waals surface area contributed by atoms with Crippen molar-refractivity contribution in [2.24, 2.45) is 0 Å². The molecule has 138 valence electrons. The smallest absolute Gasteiger partial charge is 0.259 e. The molecule has 0 atom stereocenters. The van der Waals surface area contributed by atoms with E-state index in [1.807, 2.05) is 6.07 Å². The molecule has 1 aromatic carbocycles. The number of hydrogen-bond donors (Lipinski definition) is 1. The molecular weight excluding hydrogens is 357 g/mol. The van der Waals surface area contributed by atoms with Gasteiger partial charge in [-0.1, -0.05) is 19.3 Å². The number of aromatic nitrogens is 3. The third-order valence-electron chi connectivity index (χ3n) is 5.08. The zero-order valence-electron chi connectivity index (χ0n) is 14.2. The third-order valence-corrected chi connectivity index (χ3v) is 5.08. The molecule has 1 aliphatic rings. The second kappa shape index (κ2) is 6.58. The number of hydrogen-bond acceptors (Lipinski definition) is 3. The summed E-state index contributed by atoms with van der Waals surface area (Å²) >= 11 is 0. The van der Waals surface area contributed by atoms with Gasteiger partial charge >= 0.3 is 0 Å². The summed E-state index contributed by atoms with van der Waals surface area (Å²) in [5, 5.41) is 13.4. The van der Waals surface area contributed by atoms with E-state index in [0.29, 0.717) is 17.8 Å². The first-order valence-electron chi connectivity index (χ1n) is 8.70. The second-order valence-electron chi connectivity index (χ2n) is 6.72. The number of nitrogens with one attached hydrogen (secondary N) is 1. The molecular formula is C19H15F3N4O. The van der Waals surface area contributed by atoms with Crippen LogP contribution in [0.5, 0.6) is 0 Å². The summed E-state index contributed by atoms with van der Waals surface area (Å²) in [5.74, 6) is -3.51. The first-order chi connectivity index (χ1) is 13.0. The van der Waals surface area contributed by atoms with Gasteiger partial charge in [-0.05, 0) is 12.8 Å². The highest BCUT2D eigenvalue weighted by molar-refractivity contribution is 5.70. The van der Waals surface area contributed by atoms with Crippen molar-refractivity contribution in [3.05, 3.63) is 57.4 Å². The van der Waals surface area contributed by atoms with E-state index in [4.69, 9.17) is 0 Å². The molecule has 2 aromatic heterocycles. The molecule has 2 heterocycles. The fourth-order valence-corrected chi connectivity index (χ4v) is 3.90. The average Bonchev–Trinajstić information content (AvgIpc) is 3.04. The van der Waals surface area contributed by atoms with E-state index in [1.165, 1.54) is 10.7 Å². The van der Waals surface area contributed by atoms with Crippen LogP contribution in [0, 0.1) is 28.8 Å². The molecule has 1 aliphatic carbocycles. The maximum atomic E-state index is 14.5. The van der Waals surface area contributed by atoms with E-state index in [2.05, 4.69) is 10.1 Å². The van der Waals surface area contributed by atoms with Gasteiger partial charge in [0.05, 0.1) is 23.0 Å². The van der Waals surface area contributed by atoms with Crippen molar-refractivity contribution < 1.29 is 13.2 Å². The lowest BCUT2D eigenvalue weighted by Crippen LogP contribution is -2.22. The lowest BCUT2D eigenvalue weighted by Gasteiger charge is -2.24. The summed E-state index contributed by atoms with van der Waals surface area (Å²) < 4.78 is 43.7. The lowest BCUT2D eigenvalue weighted by atomic mass is 9.84. The Balaban J connectivity index is 2.10. The Morgan fingerprint density at radius 3 is 2.41 bits per heavy atom. The summed E-state index contributed by atoms with van der Waals surface area (Å²) in [7, 11) is 0. The number of benzene rings is 1. The van der Waals surface area contributed by atoms with Gasteiger partial charge in [0.1, 0.15) is 29.1 Å². The highest BCUT2D eigenvalue weighted by Gasteiger charge is 2.29. The van der Waals surface area contributed by atoms with Gasteiger partial charge in [0.2, 0.25) is 0 Å². The van der Waals surface area contributed by atoms with Gasteiger partial charge in [-0.2, -0.15) is 10.4 Å². The molecule has 0 saturated heterocycles. The van der Waals surface area contributed by atoms with E-state index >= 15 is 0 Å². The summed E-state index contributed by atoms with van der Waals surface area (Å²) in [6, 6.07) is 3.05. The van der Waals surface area contributed by atoms with Gasteiger partial charge in [0.25, 0.3) is 5.56 Å². The number of fused-ring (bicyclic) bond motifs is 1. The molecule has 0 aliphatic heterocycles. The third kappa shape index (κ3) is 2.79. The highest BCUT2D eigenvalue weighted by atomic mass is 19.1. The predicted molar refractivity (Wildman–Crippen MR) is 91.7 cm³/mol. The molecule has 4 rings (SSSR count). The van der Waals surface area contributed by atoms with Crippen LogP contribution in [-0.2, 0) is 0 Å². The fraction of sp³-hybridized carbons (Fsp3) is 0.316. The Morgan fingerprint density at radius 1 is 1.11 bits per heavy atom. The Kier molecular flexibility index (Phi) is 4.22. The maximum Gasteiger partial charge on any atom is 0.259 e. The Hall–Kier alpha value is -3.08. The molecule has 0 bridgehead atoms. The molecule has 3 aromatic rings. The van der Waals surface area contributed by atoms with Crippen LogP contribution < -0.4 is 5.56 Å². The predicted octanol–water partition coefficient (Wildman–Crippen LogP) is 4.03. The molecule has 0 amide bonds. The summed E-state index contributed by atoms with van der Waals surface area (Å²) in [6.45, 7) is 0. The van der Waals surface area contributed by atoms with Crippen molar-refractivity contribution in [1.29, 1.82) is 5.26 Å². The molecule has 1 fully saturated rings. The van der Waals surface area contributed by atoms with E-state index < -0.39 is 28.6 Å². The minimum atomic E-state index is -1.15. The number of nitrogens with zero attached hydrogens (tertiary/aromatic N) is 3. The molecule has 0 radical (unpaired) electrons. The van der Waals surface area contributed by atoms with Gasteiger partial charge in [-0.3, -0.25) is 4.79 Å². The molecule has 0 spiro atoms. The molecule has 1 N–H and O–H groups in total. The van der Waals surface area contributed by atoms with Crippen molar-refractivity contribution >= 4 is 5.65 Å². The van der Waals surface area contributed by atoms with Gasteiger partial charge in [-0.15, -0.1) is 0 Å². The Morgan fingerprint density at radius 2 is 1.78 bits per heavy atom. The number of nitriles is 1. The number of H-pyrrole nitrogens is 1. The van der Waals surface area contributed by atoms with E-state index in [0.717, 1.165) is 32.1 Å². The molecule has 8 heteroatoms. The minimum absolute atomic E-state index is 0.145. The van der Waals surface area contributed by atoms with Crippen molar-refractivity contribution in [1.82, 2.24) is 14.6 Å². The van der Waals surface area contributed by atoms with Crippen LogP contribution in [0.1, 0.15) is 49.3 Å². The van der Waals surface area contributed by atoms with Crippen molar-refractivity contribution in [2.75, 3.05) is 0 Å². The normalized spacial score (nSPS) is 15.2. The topological polar surface area (TPSA) is 74.0 Å². The highest BCUT2D eigenvalue weighted by Crippen LogP contribution is 2.38. The van der Waals surface area contributed by atoms with Gasteiger partial charge in [0, 0.05) is 18.1 Å². The van der Waals surface area contributed by atoms with Gasteiger partial charge < -0.3 is 4.98 Å². The van der Waals surface area contributed by atoms with Crippen molar-refractivity contribution in [3.8, 4) is 17.2 Å². The van der Waals surface area contributed by atoms with Crippen molar-refractivity contribution in [3.63, 3.8) is 0 Å². The molecule has 0 unspecified atom stereocenters. The molecule has 1 saturated carbocycles. The first-order valence-corrected chi connectivity index (χ1v) is 8.70. The van der Waals surface area contributed by atoms with Crippen LogP contribution in [-0.4, -0.2) is 14.6 Å². The number of rotatable bonds is 2. The van der Waals surface area contributed by atoms with Crippen LogP contribution in [0.15, 0.2) is 23.1 Å². The van der Waals surface area contributed by atoms with E-state index in [-0.39, 0.29) is 22.7 Å². The number of halogens is 3. The zero-order chi connectivity index (χ0) is 19.1. The monoisotopic (exact) mass is 372 g/mol. The summed E-state index contributed by atoms with van der Waals surface area (Å²) in [6.07, 6.45) is 5.65. The van der Waals surface area contributed by atoms with Crippen LogP contribution in [0.4, 0.5) is 13.2 Å². The van der Waals surface area contributed by atoms with Gasteiger partial charge in [0.15, 0.2) is 5.65 Å². The standard InChI is InChI=1S/C19H15F3N4O/c20-12-6-13(21)15(14(22)7-12)16-17(10-4-2-1-3-5-10)26-18(25-19(16)27)11(8-23)9-24-26/h6-7,9-10H,1-5H2,(H,25,27). The van der Waals surface area contributed by atoms with Crippen LogP contribution in [0.25, 0.3) is 16.8 Å². The Bertz CT molecular complexity index is 1110. The van der Waals surface area contributed by atoms with Gasteiger partial charge in [-0.25, -0.2) is 17.7 Å². The Labute approximate surface area is 152 Å². The van der Waals surface area contributed by atoms with E-state index in [9.17, 15) is 23.2 Å². The second-order valence-corrected chi connectivity index (χ2v) is 6.72. The van der Waals surface area contributed by atoms with Crippen LogP contribution >= 0.6 is 0 Å². The van der Waals surface area contributed by atoms with Crippen LogP contribution in [0.2, 0.25) is 0 Å². The molecule has 27 heavy (non-hydrogen) atoms. The molecule has 5 nitrogen and oxygen atoms in total. The van der Waals surface area contributed by atoms with E-state index in [1.54, 1.807) is 0 Å². The lowest BCUT2D eigenvalue weighted by molar-refractivity contribution is 0.430. The number of aromatic amines is 1. The minimum Gasteiger partial charge on any atom is -0.305 e. The average molecular weight is 372 g/mol. The quantitative estimate of drug-likeness (QED) is 0.738. The summed E-state index contributed by atoms with van der Waals surface area (Å²) in [5.41, 5.74) is -0.791. The van der Waals surface area contributed by atoms with Crippen molar-refractivity contribution in [2.45, 2.75) is 38.0 Å². The zero-order valence-corrected chi connectivity index (χ0v) is 14.2. The largest absolute Gasteiger partial charge is 0.305 e. The maximum absolute atomic E-state index is 14.5. The summed E-state index contributed by atoms with van der Waals surface area (Å²) in [4.78, 5) is 15.3.